The van der Waals surface area contributed by atoms with Crippen LogP contribution in [0.1, 0.15) is 18.4 Å². The van der Waals surface area contributed by atoms with Crippen molar-refractivity contribution in [3.8, 4) is 5.75 Å². The van der Waals surface area contributed by atoms with E-state index in [1.54, 1.807) is 25.2 Å². The molecule has 1 amide bonds. The molecular weight excluding hydrogens is 528 g/mol. The van der Waals surface area contributed by atoms with Crippen LogP contribution in [0.2, 0.25) is 0 Å². The Morgan fingerprint density at radius 2 is 1.90 bits per heavy atom. The van der Waals surface area contributed by atoms with Crippen LogP contribution in [0, 0.1) is 0 Å². The lowest BCUT2D eigenvalue weighted by atomic mass is 10.2. The minimum absolute atomic E-state index is 0. The second-order valence-corrected chi connectivity index (χ2v) is 7.23. The van der Waals surface area contributed by atoms with Crippen molar-refractivity contribution in [2.45, 2.75) is 31.7 Å². The van der Waals surface area contributed by atoms with Gasteiger partial charge in [-0.3, -0.25) is 9.79 Å². The van der Waals surface area contributed by atoms with Gasteiger partial charge in [0.1, 0.15) is 11.9 Å². The fourth-order valence-electron chi connectivity index (χ4n) is 3.57. The highest BCUT2D eigenvalue weighted by atomic mass is 127. The van der Waals surface area contributed by atoms with Crippen LogP contribution in [0.4, 0.5) is 13.2 Å². The second kappa shape index (κ2) is 11.7. The summed E-state index contributed by atoms with van der Waals surface area (Å²) in [4.78, 5) is 20.6. The van der Waals surface area contributed by atoms with Crippen LogP contribution in [-0.2, 0) is 16.1 Å². The van der Waals surface area contributed by atoms with Crippen LogP contribution in [0.3, 0.4) is 0 Å². The number of rotatable bonds is 5. The fraction of sp³-hybridized carbons (Fsp3) is 0.600. The van der Waals surface area contributed by atoms with Crippen molar-refractivity contribution < 1.29 is 27.4 Å². The summed E-state index contributed by atoms with van der Waals surface area (Å²) in [7, 11) is 1.65. The third-order valence-electron chi connectivity index (χ3n) is 5.11. The molecule has 7 nitrogen and oxygen atoms in total. The van der Waals surface area contributed by atoms with Crippen molar-refractivity contribution in [3.05, 3.63) is 29.8 Å². The van der Waals surface area contributed by atoms with E-state index in [0.29, 0.717) is 44.3 Å². The second-order valence-electron chi connectivity index (χ2n) is 7.23. The van der Waals surface area contributed by atoms with Gasteiger partial charge < -0.3 is 24.6 Å². The molecule has 1 atom stereocenters. The summed E-state index contributed by atoms with van der Waals surface area (Å²) in [6.07, 6.45) is -3.02. The molecule has 2 saturated heterocycles. The first-order valence-corrected chi connectivity index (χ1v) is 10.0. The minimum atomic E-state index is -4.39. The molecule has 0 aliphatic carbocycles. The molecule has 0 spiro atoms. The van der Waals surface area contributed by atoms with E-state index in [2.05, 4.69) is 10.3 Å². The smallest absolute Gasteiger partial charge is 0.422 e. The zero-order valence-electron chi connectivity index (χ0n) is 17.4. The first kappa shape index (κ1) is 25.5. The summed E-state index contributed by atoms with van der Waals surface area (Å²) in [6.45, 7) is 1.96. The van der Waals surface area contributed by atoms with E-state index in [9.17, 15) is 18.0 Å². The Morgan fingerprint density at radius 1 is 1.23 bits per heavy atom. The molecular formula is C20H28F3IN4O3. The van der Waals surface area contributed by atoms with Crippen LogP contribution < -0.4 is 10.1 Å². The molecule has 11 heteroatoms. The van der Waals surface area contributed by atoms with Crippen molar-refractivity contribution in [2.75, 3.05) is 46.4 Å². The number of para-hydroxylation sites is 1. The minimum Gasteiger partial charge on any atom is -0.484 e. The SMILES string of the molecule is CN=C(NCc1ccccc1OCC(F)(F)F)N1CCN(C(=O)C2CCCO2)CC1.I. The zero-order valence-corrected chi connectivity index (χ0v) is 19.7. The highest BCUT2D eigenvalue weighted by molar-refractivity contribution is 14.0. The van der Waals surface area contributed by atoms with Crippen molar-refractivity contribution in [1.82, 2.24) is 15.1 Å². The van der Waals surface area contributed by atoms with E-state index in [-0.39, 0.29) is 48.3 Å². The van der Waals surface area contributed by atoms with Gasteiger partial charge in [0.25, 0.3) is 5.91 Å². The van der Waals surface area contributed by atoms with E-state index >= 15 is 0 Å². The van der Waals surface area contributed by atoms with Crippen molar-refractivity contribution in [2.24, 2.45) is 4.99 Å². The van der Waals surface area contributed by atoms with Crippen molar-refractivity contribution in [1.29, 1.82) is 0 Å². The molecule has 0 radical (unpaired) electrons. The van der Waals surface area contributed by atoms with E-state index in [4.69, 9.17) is 9.47 Å². The van der Waals surface area contributed by atoms with Gasteiger partial charge >= 0.3 is 6.18 Å². The molecule has 1 aromatic rings. The molecule has 0 saturated carbocycles. The Kier molecular flexibility index (Phi) is 9.66. The fourth-order valence-corrected chi connectivity index (χ4v) is 3.57. The molecule has 1 unspecified atom stereocenters. The quantitative estimate of drug-likeness (QED) is 0.344. The van der Waals surface area contributed by atoms with E-state index in [1.807, 2.05) is 9.80 Å². The standard InChI is InChI=1S/C20H27F3N4O3.HI/c1-24-19(25-13-15-5-2-3-6-16(15)30-14-20(21,22)23)27-10-8-26(9-11-27)18(28)17-7-4-12-29-17;/h2-3,5-6,17H,4,7-14H2,1H3,(H,24,25);1H. The number of nitrogens with zero attached hydrogens (tertiary/aromatic N) is 3. The number of carbonyl (C=O) groups excluding carboxylic acids is 1. The molecule has 0 aromatic heterocycles. The van der Waals surface area contributed by atoms with E-state index in [1.165, 1.54) is 6.07 Å². The number of benzene rings is 1. The summed E-state index contributed by atoms with van der Waals surface area (Å²) in [5, 5.41) is 3.18. The predicted molar refractivity (Wildman–Crippen MR) is 121 cm³/mol. The Labute approximate surface area is 197 Å². The van der Waals surface area contributed by atoms with Gasteiger partial charge in [0, 0.05) is 51.9 Å². The van der Waals surface area contributed by atoms with Crippen LogP contribution in [0.5, 0.6) is 5.75 Å². The molecule has 0 bridgehead atoms. The van der Waals surface area contributed by atoms with Gasteiger partial charge in [-0.1, -0.05) is 18.2 Å². The van der Waals surface area contributed by atoms with Crippen LogP contribution >= 0.6 is 24.0 Å². The van der Waals surface area contributed by atoms with E-state index < -0.39 is 12.8 Å². The molecule has 2 aliphatic heterocycles. The first-order valence-electron chi connectivity index (χ1n) is 10.0. The summed E-state index contributed by atoms with van der Waals surface area (Å²) in [6, 6.07) is 6.61. The van der Waals surface area contributed by atoms with E-state index in [0.717, 1.165) is 12.8 Å². The molecule has 1 aromatic carbocycles. The monoisotopic (exact) mass is 556 g/mol. The number of nitrogens with one attached hydrogen (secondary N) is 1. The summed E-state index contributed by atoms with van der Waals surface area (Å²) >= 11 is 0. The number of amides is 1. The average molecular weight is 556 g/mol. The lowest BCUT2D eigenvalue weighted by Crippen LogP contribution is -2.55. The number of hydrogen-bond donors (Lipinski definition) is 1. The van der Waals surface area contributed by atoms with Gasteiger partial charge in [0.05, 0.1) is 0 Å². The highest BCUT2D eigenvalue weighted by Gasteiger charge is 2.31. The third-order valence-corrected chi connectivity index (χ3v) is 5.11. The van der Waals surface area contributed by atoms with Crippen LogP contribution in [0.15, 0.2) is 29.3 Å². The average Bonchev–Trinajstić information content (AvgIpc) is 3.28. The first-order chi connectivity index (χ1) is 14.4. The number of piperazine rings is 1. The lowest BCUT2D eigenvalue weighted by Gasteiger charge is -2.37. The van der Waals surface area contributed by atoms with Gasteiger partial charge in [0.2, 0.25) is 0 Å². The van der Waals surface area contributed by atoms with Crippen molar-refractivity contribution in [3.63, 3.8) is 0 Å². The Bertz CT molecular complexity index is 749. The highest BCUT2D eigenvalue weighted by Crippen LogP contribution is 2.22. The molecule has 31 heavy (non-hydrogen) atoms. The maximum Gasteiger partial charge on any atom is 0.422 e. The Morgan fingerprint density at radius 3 is 2.52 bits per heavy atom. The number of halogens is 4. The maximum absolute atomic E-state index is 12.5. The summed E-state index contributed by atoms with van der Waals surface area (Å²) in [5.74, 6) is 0.862. The molecule has 2 fully saturated rings. The number of alkyl halides is 3. The topological polar surface area (TPSA) is 66.4 Å². The molecule has 2 heterocycles. The van der Waals surface area contributed by atoms with Gasteiger partial charge in [0.15, 0.2) is 12.6 Å². The van der Waals surface area contributed by atoms with Gasteiger partial charge in [-0.25, -0.2) is 0 Å². The maximum atomic E-state index is 12.5. The van der Waals surface area contributed by atoms with Gasteiger partial charge in [-0.15, -0.1) is 24.0 Å². The number of carbonyl (C=O) groups is 1. The number of guanidine groups is 1. The summed E-state index contributed by atoms with van der Waals surface area (Å²) in [5.41, 5.74) is 0.607. The largest absolute Gasteiger partial charge is 0.484 e. The molecule has 1 N–H and O–H groups in total. The number of hydrogen-bond acceptors (Lipinski definition) is 4. The zero-order chi connectivity index (χ0) is 21.6. The number of aliphatic imine (C=N–C) groups is 1. The molecule has 2 aliphatic rings. The number of ether oxygens (including phenoxy) is 2. The van der Waals surface area contributed by atoms with Crippen LogP contribution in [-0.4, -0.2) is 80.4 Å². The Hall–Kier alpha value is -1.76. The normalized spacial score (nSPS) is 19.7. The third kappa shape index (κ3) is 7.41. The Balaban J connectivity index is 0.00000341. The molecule has 174 valence electrons. The van der Waals surface area contributed by atoms with Gasteiger partial charge in [-0.05, 0) is 18.9 Å². The van der Waals surface area contributed by atoms with Crippen LogP contribution in [0.25, 0.3) is 0 Å². The predicted octanol–water partition coefficient (Wildman–Crippen LogP) is 2.64. The lowest BCUT2D eigenvalue weighted by molar-refractivity contribution is -0.153. The molecule has 3 rings (SSSR count). The summed E-state index contributed by atoms with van der Waals surface area (Å²) < 4.78 is 47.8. The van der Waals surface area contributed by atoms with Gasteiger partial charge in [-0.2, -0.15) is 13.2 Å². The van der Waals surface area contributed by atoms with Crippen molar-refractivity contribution >= 4 is 35.8 Å².